The van der Waals surface area contributed by atoms with Crippen molar-refractivity contribution in [2.45, 2.75) is 111 Å². The molecule has 282 valence electrons. The number of rotatable bonds is 27. The summed E-state index contributed by atoms with van der Waals surface area (Å²) < 4.78 is 0. The van der Waals surface area contributed by atoms with E-state index in [-0.39, 0.29) is 36.3 Å². The molecule has 1 rings (SSSR count). The molecule has 0 aromatic rings. The smallest absolute Gasteiger partial charge is 0.222 e. The minimum atomic E-state index is -0.0996. The summed E-state index contributed by atoms with van der Waals surface area (Å²) in [6.45, 7) is 19.7. The van der Waals surface area contributed by atoms with Gasteiger partial charge in [-0.05, 0) is 64.5 Å². The Morgan fingerprint density at radius 1 is 0.755 bits per heavy atom. The van der Waals surface area contributed by atoms with Crippen molar-refractivity contribution in [2.24, 2.45) is 0 Å². The highest BCUT2D eigenvalue weighted by Crippen LogP contribution is 2.24. The monoisotopic (exact) mass is 692 g/mol. The molecule has 1 aliphatic carbocycles. The molecule has 0 fully saturated rings. The van der Waals surface area contributed by atoms with E-state index >= 15 is 0 Å². The zero-order chi connectivity index (χ0) is 37.5. The second kappa shape index (κ2) is 31.5. The molecular weight excluding hydrogens is 622 g/mol. The van der Waals surface area contributed by atoms with Gasteiger partial charge in [0.15, 0.2) is 0 Å². The van der Waals surface area contributed by atoms with Crippen LogP contribution in [0.25, 0.3) is 0 Å². The van der Waals surface area contributed by atoms with Gasteiger partial charge in [0.1, 0.15) is 5.70 Å². The molecule has 0 atom stereocenters. The van der Waals surface area contributed by atoms with Gasteiger partial charge in [-0.1, -0.05) is 52.8 Å². The third kappa shape index (κ3) is 24.1. The molecule has 0 unspecified atom stereocenters. The molecule has 0 aliphatic heterocycles. The summed E-state index contributed by atoms with van der Waals surface area (Å²) in [5.74, 6) is -0.0847. The normalized spacial score (nSPS) is 11.5. The fraction of sp³-hybridized carbons (Fsp3) is 0.676. The number of unbranched alkanes of at least 4 members (excludes halogenated alkanes) is 8. The Balaban J connectivity index is 0. The minimum Gasteiger partial charge on any atom is -0.394 e. The number of hydroxylamine groups is 2. The van der Waals surface area contributed by atoms with E-state index in [0.717, 1.165) is 81.4 Å². The zero-order valence-electron chi connectivity index (χ0n) is 31.6. The second-order valence-corrected chi connectivity index (χ2v) is 11.7. The lowest BCUT2D eigenvalue weighted by atomic mass is 9.93. The summed E-state index contributed by atoms with van der Waals surface area (Å²) in [5, 5.41) is 25.4. The molecule has 12 nitrogen and oxygen atoms in total. The van der Waals surface area contributed by atoms with Gasteiger partial charge in [0, 0.05) is 84.4 Å². The van der Waals surface area contributed by atoms with Gasteiger partial charge >= 0.3 is 0 Å². The highest BCUT2D eigenvalue weighted by Gasteiger charge is 2.30. The molecule has 0 radical (unpaired) electrons. The molecule has 0 aromatic heterocycles. The average Bonchev–Trinajstić information content (AvgIpc) is 3.10. The lowest BCUT2D eigenvalue weighted by Gasteiger charge is -2.25. The van der Waals surface area contributed by atoms with Crippen molar-refractivity contribution < 1.29 is 24.4 Å². The predicted molar refractivity (Wildman–Crippen MR) is 200 cm³/mol. The maximum atomic E-state index is 12.3. The standard InChI is InChI=1S/C32H56N6O5.C3H7N.C2H6/c1-25(2)38(43)24-16-10-13-21-34-27(39)17-11-7-6-8-12-20-35-28(40)18-19-29(41)37(5)23-15-9-14-22-36-31-30(33-4)26(3)32(31)42;1-3-4-2;1-2/h33,36,43H,1,3,6-24H2,2,4-5H3,(H,34,39)(H,35,40);3-4H,1H2,2H3;1-2H3. The summed E-state index contributed by atoms with van der Waals surface area (Å²) in [7, 11) is 5.35. The molecule has 0 aromatic carbocycles. The Bertz CT molecular complexity index is 1030. The Labute approximate surface area is 297 Å². The van der Waals surface area contributed by atoms with Crippen molar-refractivity contribution in [3.63, 3.8) is 0 Å². The van der Waals surface area contributed by atoms with E-state index in [9.17, 15) is 24.4 Å². The number of amides is 3. The molecule has 0 heterocycles. The number of carbonyl (C=O) groups excluding carboxylic acids is 4. The SMILES string of the molecule is C=C1C(=O)C(NCCCCCN(C)C(=O)CCC(=O)NCCCCCCCC(=O)NCCCCCN(O)C(=C)C)=C1NC.C=CNC.CC. The largest absolute Gasteiger partial charge is 0.394 e. The molecule has 1 aliphatic rings. The van der Waals surface area contributed by atoms with E-state index < -0.39 is 0 Å². The van der Waals surface area contributed by atoms with Crippen LogP contribution in [0, 0.1) is 0 Å². The van der Waals surface area contributed by atoms with Crippen LogP contribution in [0.1, 0.15) is 111 Å². The maximum absolute atomic E-state index is 12.3. The average molecular weight is 692 g/mol. The first-order valence-corrected chi connectivity index (χ1v) is 18.1. The lowest BCUT2D eigenvalue weighted by Crippen LogP contribution is -2.37. The second-order valence-electron chi connectivity index (χ2n) is 11.7. The van der Waals surface area contributed by atoms with Crippen LogP contribution in [0.15, 0.2) is 48.6 Å². The van der Waals surface area contributed by atoms with Crippen LogP contribution < -0.4 is 26.6 Å². The van der Waals surface area contributed by atoms with E-state index in [1.54, 1.807) is 32.1 Å². The first kappa shape index (κ1) is 47.3. The quantitative estimate of drug-likeness (QED) is 0.0401. The summed E-state index contributed by atoms with van der Waals surface area (Å²) in [4.78, 5) is 49.8. The van der Waals surface area contributed by atoms with Crippen LogP contribution >= 0.6 is 0 Å². The van der Waals surface area contributed by atoms with E-state index in [1.165, 1.54) is 0 Å². The number of nitrogens with one attached hydrogen (secondary N) is 5. The van der Waals surface area contributed by atoms with Gasteiger partial charge in [-0.25, -0.2) is 0 Å². The van der Waals surface area contributed by atoms with Crippen LogP contribution in [0.5, 0.6) is 0 Å². The fourth-order valence-corrected chi connectivity index (χ4v) is 4.64. The number of carbonyl (C=O) groups is 4. The number of hydrogen-bond acceptors (Lipinski definition) is 9. The van der Waals surface area contributed by atoms with Gasteiger partial charge in [0.05, 0.1) is 5.70 Å². The fourth-order valence-electron chi connectivity index (χ4n) is 4.64. The van der Waals surface area contributed by atoms with Crippen molar-refractivity contribution in [2.75, 3.05) is 53.9 Å². The van der Waals surface area contributed by atoms with Gasteiger partial charge in [-0.2, -0.15) is 0 Å². The molecular formula is C37H69N7O5. The lowest BCUT2D eigenvalue weighted by molar-refractivity contribution is -0.132. The van der Waals surface area contributed by atoms with Crippen molar-refractivity contribution in [1.82, 2.24) is 36.5 Å². The van der Waals surface area contributed by atoms with Crippen LogP contribution in [0.2, 0.25) is 0 Å². The van der Waals surface area contributed by atoms with Crippen LogP contribution in [0.3, 0.4) is 0 Å². The van der Waals surface area contributed by atoms with E-state index in [4.69, 9.17) is 0 Å². The number of nitrogens with zero attached hydrogens (tertiary/aromatic N) is 2. The molecule has 0 saturated carbocycles. The Morgan fingerprint density at radius 2 is 1.24 bits per heavy atom. The highest BCUT2D eigenvalue weighted by atomic mass is 16.5. The Hall–Kier alpha value is -3.80. The summed E-state index contributed by atoms with van der Waals surface area (Å²) >= 11 is 0. The van der Waals surface area contributed by atoms with Crippen molar-refractivity contribution in [3.05, 3.63) is 48.6 Å². The summed E-state index contributed by atoms with van der Waals surface area (Å²) in [6.07, 6.45) is 12.7. The van der Waals surface area contributed by atoms with E-state index in [2.05, 4.69) is 46.3 Å². The molecule has 0 saturated heterocycles. The van der Waals surface area contributed by atoms with Crippen LogP contribution in [-0.4, -0.2) is 92.5 Å². The van der Waals surface area contributed by atoms with Gasteiger partial charge in [0.25, 0.3) is 0 Å². The van der Waals surface area contributed by atoms with E-state index in [1.807, 2.05) is 20.9 Å². The number of allylic oxidation sites excluding steroid dienone is 3. The topological polar surface area (TPSA) is 155 Å². The third-order valence-electron chi connectivity index (χ3n) is 7.68. The molecule has 49 heavy (non-hydrogen) atoms. The summed E-state index contributed by atoms with van der Waals surface area (Å²) in [5.41, 5.74) is 2.53. The van der Waals surface area contributed by atoms with Crippen molar-refractivity contribution in [3.8, 4) is 0 Å². The zero-order valence-corrected chi connectivity index (χ0v) is 31.6. The number of Topliss-reactive ketones (excluding diaryl/α,β-unsaturated/α-hetero) is 1. The summed E-state index contributed by atoms with van der Waals surface area (Å²) in [6, 6.07) is 0. The first-order valence-electron chi connectivity index (χ1n) is 18.1. The first-order chi connectivity index (χ1) is 23.5. The van der Waals surface area contributed by atoms with E-state index in [0.29, 0.717) is 56.1 Å². The maximum Gasteiger partial charge on any atom is 0.222 e. The molecule has 3 amide bonds. The van der Waals surface area contributed by atoms with Gasteiger partial charge in [-0.15, -0.1) is 0 Å². The molecule has 12 heteroatoms. The molecule has 6 N–H and O–H groups in total. The van der Waals surface area contributed by atoms with Crippen molar-refractivity contribution >= 4 is 23.5 Å². The number of hydrogen-bond donors (Lipinski definition) is 6. The third-order valence-corrected chi connectivity index (χ3v) is 7.68. The number of likely N-dealkylation sites (N-methyl/N-ethyl adjacent to an activating group) is 1. The van der Waals surface area contributed by atoms with Crippen LogP contribution in [-0.2, 0) is 19.2 Å². The Kier molecular flexibility index (Phi) is 30.4. The minimum absolute atomic E-state index is 0.0312. The van der Waals surface area contributed by atoms with Crippen LogP contribution in [0.4, 0.5) is 0 Å². The molecule has 0 bridgehead atoms. The van der Waals surface area contributed by atoms with Gasteiger partial charge < -0.3 is 31.5 Å². The van der Waals surface area contributed by atoms with Gasteiger partial charge in [0.2, 0.25) is 23.5 Å². The van der Waals surface area contributed by atoms with Gasteiger partial charge in [-0.3, -0.25) is 29.4 Å². The van der Waals surface area contributed by atoms with Crippen molar-refractivity contribution in [1.29, 1.82) is 0 Å². The Morgan fingerprint density at radius 3 is 1.80 bits per heavy atom. The number of ketones is 1. The predicted octanol–water partition coefficient (Wildman–Crippen LogP) is 4.90. The molecule has 0 spiro atoms. The highest BCUT2D eigenvalue weighted by molar-refractivity contribution is 6.18.